The van der Waals surface area contributed by atoms with Crippen LogP contribution in [-0.2, 0) is 12.0 Å². The van der Waals surface area contributed by atoms with E-state index < -0.39 is 0 Å². The molecule has 4 heteroatoms. The van der Waals surface area contributed by atoms with Gasteiger partial charge in [-0.25, -0.2) is 0 Å². The van der Waals surface area contributed by atoms with E-state index in [2.05, 4.69) is 30.7 Å². The van der Waals surface area contributed by atoms with E-state index >= 15 is 0 Å². The summed E-state index contributed by atoms with van der Waals surface area (Å²) >= 11 is 0. The van der Waals surface area contributed by atoms with Gasteiger partial charge >= 0.3 is 0 Å². The Morgan fingerprint density at radius 3 is 2.59 bits per heavy atom. The van der Waals surface area contributed by atoms with Gasteiger partial charge < -0.3 is 15.6 Å². The summed E-state index contributed by atoms with van der Waals surface area (Å²) in [6, 6.07) is 0. The van der Waals surface area contributed by atoms with Crippen molar-refractivity contribution >= 4 is 11.7 Å². The fraction of sp³-hybridized carbons (Fsp3) is 0.615. The maximum absolute atomic E-state index is 11.6. The number of carbonyl (C=O) groups is 1. The molecule has 0 saturated heterocycles. The van der Waals surface area contributed by atoms with E-state index in [0.717, 1.165) is 30.9 Å². The first kappa shape index (κ1) is 12.0. The minimum atomic E-state index is -0.337. The van der Waals surface area contributed by atoms with E-state index in [0.29, 0.717) is 5.56 Å². The van der Waals surface area contributed by atoms with Gasteiger partial charge in [0, 0.05) is 24.2 Å². The van der Waals surface area contributed by atoms with Crippen LogP contribution in [-0.4, -0.2) is 17.0 Å². The summed E-state index contributed by atoms with van der Waals surface area (Å²) < 4.78 is 2.22. The lowest BCUT2D eigenvalue weighted by Gasteiger charge is -2.26. The first-order valence-corrected chi connectivity index (χ1v) is 6.11. The van der Waals surface area contributed by atoms with Gasteiger partial charge in [0.05, 0.1) is 5.56 Å². The van der Waals surface area contributed by atoms with Crippen LogP contribution < -0.4 is 11.1 Å². The number of anilines is 1. The third-order valence-corrected chi connectivity index (χ3v) is 3.31. The molecule has 17 heavy (non-hydrogen) atoms. The molecule has 2 heterocycles. The number of primary amides is 1. The highest BCUT2D eigenvalue weighted by atomic mass is 16.1. The predicted octanol–water partition coefficient (Wildman–Crippen LogP) is 2.01. The molecule has 0 bridgehead atoms. The van der Waals surface area contributed by atoms with Crippen LogP contribution in [0.5, 0.6) is 0 Å². The quantitative estimate of drug-likeness (QED) is 0.782. The van der Waals surface area contributed by atoms with Crippen LogP contribution in [0.2, 0.25) is 0 Å². The summed E-state index contributed by atoms with van der Waals surface area (Å²) in [4.78, 5) is 11.6. The minimum Gasteiger partial charge on any atom is -0.371 e. The zero-order chi connectivity index (χ0) is 12.8. The maximum atomic E-state index is 11.6. The van der Waals surface area contributed by atoms with Crippen molar-refractivity contribution in [1.82, 2.24) is 4.57 Å². The molecule has 1 amide bonds. The topological polar surface area (TPSA) is 60.1 Å². The summed E-state index contributed by atoms with van der Waals surface area (Å²) in [6.07, 6.45) is 1.09. The highest BCUT2D eigenvalue weighted by molar-refractivity contribution is 6.00. The number of carbonyl (C=O) groups excluding carboxylic acids is 1. The van der Waals surface area contributed by atoms with E-state index in [-0.39, 0.29) is 11.3 Å². The SMILES string of the molecule is Cc1c(C(N)=O)c2n(c1C(C)(C)C)CCCN2. The summed E-state index contributed by atoms with van der Waals surface area (Å²) in [5.41, 5.74) is 8.42. The first-order chi connectivity index (χ1) is 7.84. The number of fused-ring (bicyclic) bond motifs is 1. The second-order valence-corrected chi connectivity index (χ2v) is 5.74. The summed E-state index contributed by atoms with van der Waals surface area (Å²) in [7, 11) is 0. The van der Waals surface area contributed by atoms with Crippen molar-refractivity contribution in [1.29, 1.82) is 0 Å². The second-order valence-electron chi connectivity index (χ2n) is 5.74. The van der Waals surface area contributed by atoms with Crippen molar-refractivity contribution in [3.05, 3.63) is 16.8 Å². The molecule has 0 unspecified atom stereocenters. The number of nitrogens with zero attached hydrogens (tertiary/aromatic N) is 1. The van der Waals surface area contributed by atoms with Gasteiger partial charge in [0.1, 0.15) is 5.82 Å². The Balaban J connectivity index is 2.72. The standard InChI is InChI=1S/C13H21N3O/c1-8-9(11(14)17)12-15-6-5-7-16(12)10(8)13(2,3)4/h15H,5-7H2,1-4H3,(H2,14,17). The smallest absolute Gasteiger partial charge is 0.252 e. The van der Waals surface area contributed by atoms with Crippen LogP contribution in [0.1, 0.15) is 48.8 Å². The van der Waals surface area contributed by atoms with Crippen molar-refractivity contribution in [3.8, 4) is 0 Å². The maximum Gasteiger partial charge on any atom is 0.252 e. The molecule has 94 valence electrons. The lowest BCUT2D eigenvalue weighted by molar-refractivity contribution is 0.100. The number of nitrogens with one attached hydrogen (secondary N) is 1. The monoisotopic (exact) mass is 235 g/mol. The number of amides is 1. The number of nitrogens with two attached hydrogens (primary N) is 1. The van der Waals surface area contributed by atoms with Crippen LogP contribution in [0.15, 0.2) is 0 Å². The van der Waals surface area contributed by atoms with Crippen molar-refractivity contribution in [2.24, 2.45) is 5.73 Å². The van der Waals surface area contributed by atoms with Crippen LogP contribution in [0.3, 0.4) is 0 Å². The summed E-state index contributed by atoms with van der Waals surface area (Å²) in [5, 5.41) is 3.31. The van der Waals surface area contributed by atoms with Gasteiger partial charge in [-0.2, -0.15) is 0 Å². The fourth-order valence-corrected chi connectivity index (χ4v) is 2.87. The average Bonchev–Trinajstić information content (AvgIpc) is 2.48. The van der Waals surface area contributed by atoms with Gasteiger partial charge in [0.15, 0.2) is 0 Å². The van der Waals surface area contributed by atoms with Crippen LogP contribution in [0.4, 0.5) is 5.82 Å². The minimum absolute atomic E-state index is 0.0194. The number of aromatic nitrogens is 1. The van der Waals surface area contributed by atoms with E-state index in [1.807, 2.05) is 6.92 Å². The van der Waals surface area contributed by atoms with Crippen molar-refractivity contribution < 1.29 is 4.79 Å². The molecule has 4 nitrogen and oxygen atoms in total. The Hall–Kier alpha value is -1.45. The fourth-order valence-electron chi connectivity index (χ4n) is 2.87. The molecule has 0 aromatic carbocycles. The molecule has 0 fully saturated rings. The zero-order valence-corrected chi connectivity index (χ0v) is 11.1. The lowest BCUT2D eigenvalue weighted by atomic mass is 9.88. The van der Waals surface area contributed by atoms with Gasteiger partial charge in [-0.1, -0.05) is 20.8 Å². The molecule has 0 aliphatic carbocycles. The highest BCUT2D eigenvalue weighted by Gasteiger charge is 2.30. The molecule has 1 aromatic heterocycles. The molecular weight excluding hydrogens is 214 g/mol. The van der Waals surface area contributed by atoms with Crippen LogP contribution in [0.25, 0.3) is 0 Å². The number of hydrogen-bond donors (Lipinski definition) is 2. The largest absolute Gasteiger partial charge is 0.371 e. The third-order valence-electron chi connectivity index (χ3n) is 3.31. The van der Waals surface area contributed by atoms with E-state index in [1.165, 1.54) is 5.69 Å². The predicted molar refractivity (Wildman–Crippen MR) is 69.5 cm³/mol. The third kappa shape index (κ3) is 1.81. The Morgan fingerprint density at radius 1 is 1.41 bits per heavy atom. The Kier molecular flexibility index (Phi) is 2.68. The average molecular weight is 235 g/mol. The first-order valence-electron chi connectivity index (χ1n) is 6.11. The lowest BCUT2D eigenvalue weighted by Crippen LogP contribution is -2.24. The molecule has 0 spiro atoms. The van der Waals surface area contributed by atoms with Gasteiger partial charge in [-0.15, -0.1) is 0 Å². The molecule has 0 atom stereocenters. The Morgan fingerprint density at radius 2 is 2.06 bits per heavy atom. The van der Waals surface area contributed by atoms with Gasteiger partial charge in [0.2, 0.25) is 0 Å². The zero-order valence-electron chi connectivity index (χ0n) is 11.1. The molecule has 3 N–H and O–H groups in total. The van der Waals surface area contributed by atoms with Gasteiger partial charge in [-0.05, 0) is 18.9 Å². The molecule has 0 radical (unpaired) electrons. The van der Waals surface area contributed by atoms with E-state index in [4.69, 9.17) is 5.73 Å². The van der Waals surface area contributed by atoms with E-state index in [9.17, 15) is 4.79 Å². The van der Waals surface area contributed by atoms with Crippen molar-refractivity contribution in [3.63, 3.8) is 0 Å². The van der Waals surface area contributed by atoms with Crippen LogP contribution >= 0.6 is 0 Å². The Labute approximate surface area is 102 Å². The molecule has 0 saturated carbocycles. The van der Waals surface area contributed by atoms with Gasteiger partial charge in [-0.3, -0.25) is 4.79 Å². The van der Waals surface area contributed by atoms with Crippen molar-refractivity contribution in [2.45, 2.75) is 46.1 Å². The molecule has 1 aliphatic rings. The highest BCUT2D eigenvalue weighted by Crippen LogP contribution is 2.36. The molecule has 1 aliphatic heterocycles. The normalized spacial score (nSPS) is 15.3. The van der Waals surface area contributed by atoms with E-state index in [1.54, 1.807) is 0 Å². The Bertz CT molecular complexity index is 466. The van der Waals surface area contributed by atoms with Crippen molar-refractivity contribution in [2.75, 3.05) is 11.9 Å². The molecular formula is C13H21N3O. The van der Waals surface area contributed by atoms with Crippen LogP contribution in [0, 0.1) is 6.92 Å². The number of rotatable bonds is 1. The number of hydrogen-bond acceptors (Lipinski definition) is 2. The molecule has 1 aromatic rings. The molecule has 2 rings (SSSR count). The summed E-state index contributed by atoms with van der Waals surface area (Å²) in [6.45, 7) is 10.4. The summed E-state index contributed by atoms with van der Waals surface area (Å²) in [5.74, 6) is 0.572. The second kappa shape index (κ2) is 3.79. The van der Waals surface area contributed by atoms with Gasteiger partial charge in [0.25, 0.3) is 5.91 Å².